The van der Waals surface area contributed by atoms with Crippen molar-refractivity contribution in [2.24, 2.45) is 0 Å². The lowest BCUT2D eigenvalue weighted by atomic mass is 10.1. The molecule has 0 atom stereocenters. The smallest absolute Gasteiger partial charge is 0.247 e. The summed E-state index contributed by atoms with van der Waals surface area (Å²) in [5, 5.41) is 9.46. The van der Waals surface area contributed by atoms with E-state index in [1.54, 1.807) is 25.4 Å². The highest BCUT2D eigenvalue weighted by atomic mass is 35.5. The first-order chi connectivity index (χ1) is 20.6. The highest BCUT2D eigenvalue weighted by Crippen LogP contribution is 2.39. The number of carbonyl (C=O) groups is 1. The quantitative estimate of drug-likeness (QED) is 0.151. The molecule has 9 nitrogen and oxygen atoms in total. The van der Waals surface area contributed by atoms with Crippen molar-refractivity contribution in [3.63, 3.8) is 0 Å². The van der Waals surface area contributed by atoms with Crippen LogP contribution in [-0.2, 0) is 4.79 Å². The van der Waals surface area contributed by atoms with Gasteiger partial charge in [-0.25, -0.2) is 9.37 Å². The van der Waals surface area contributed by atoms with E-state index in [0.717, 1.165) is 23.5 Å². The van der Waals surface area contributed by atoms with Crippen LogP contribution in [0.3, 0.4) is 0 Å². The van der Waals surface area contributed by atoms with Crippen molar-refractivity contribution in [2.75, 3.05) is 62.2 Å². The Balaban J connectivity index is 1.76. The van der Waals surface area contributed by atoms with Crippen molar-refractivity contribution in [1.29, 1.82) is 0 Å². The van der Waals surface area contributed by atoms with Gasteiger partial charge in [-0.2, -0.15) is 4.98 Å². The van der Waals surface area contributed by atoms with E-state index in [0.29, 0.717) is 40.6 Å². The number of hydrogen-bond donors (Lipinski definition) is 3. The third kappa shape index (κ3) is 8.00. The van der Waals surface area contributed by atoms with Crippen LogP contribution in [0.15, 0.2) is 73.4 Å². The largest absolute Gasteiger partial charge is 0.494 e. The minimum absolute atomic E-state index is 0.00420. The molecule has 4 rings (SSSR count). The second-order valence-electron chi connectivity index (χ2n) is 10.2. The van der Waals surface area contributed by atoms with Gasteiger partial charge in [-0.05, 0) is 63.0 Å². The summed E-state index contributed by atoms with van der Waals surface area (Å²) in [5.74, 6) is 0.401. The number of likely N-dealkylation sites (N-methyl/N-ethyl adjacent to an activating group) is 2. The summed E-state index contributed by atoms with van der Waals surface area (Å²) in [7, 11) is 7.51. The molecule has 0 saturated carbocycles. The van der Waals surface area contributed by atoms with E-state index in [9.17, 15) is 9.18 Å². The maximum Gasteiger partial charge on any atom is 0.247 e. The fourth-order valence-electron chi connectivity index (χ4n) is 4.21. The summed E-state index contributed by atoms with van der Waals surface area (Å²) in [6.45, 7) is 7.11. The second-order valence-corrected chi connectivity index (χ2v) is 10.6. The number of methoxy groups -OCH3 is 1. The Kier molecular flexibility index (Phi) is 10.2. The number of nitrogens with zero attached hydrogens (tertiary/aromatic N) is 4. The van der Waals surface area contributed by atoms with E-state index >= 15 is 0 Å². The van der Waals surface area contributed by atoms with Crippen LogP contribution in [0.2, 0.25) is 5.02 Å². The number of rotatable bonds is 12. The molecule has 0 aliphatic rings. The number of halogens is 2. The van der Waals surface area contributed by atoms with Gasteiger partial charge in [-0.15, -0.1) is 0 Å². The molecule has 0 bridgehead atoms. The molecule has 0 aliphatic carbocycles. The van der Waals surface area contributed by atoms with Gasteiger partial charge in [0.25, 0.3) is 0 Å². The molecule has 1 amide bonds. The summed E-state index contributed by atoms with van der Waals surface area (Å²) in [6, 6.07) is 15.9. The molecule has 1 aromatic heterocycles. The molecule has 3 N–H and O–H groups in total. The van der Waals surface area contributed by atoms with Crippen molar-refractivity contribution < 1.29 is 13.9 Å². The summed E-state index contributed by atoms with van der Waals surface area (Å²) in [5.41, 5.74) is 5.05. The van der Waals surface area contributed by atoms with E-state index in [-0.39, 0.29) is 16.9 Å². The fourth-order valence-corrected chi connectivity index (χ4v) is 4.39. The molecule has 11 heteroatoms. The zero-order chi connectivity index (χ0) is 31.1. The fraction of sp³-hybridized carbons (Fsp3) is 0.219. The van der Waals surface area contributed by atoms with E-state index in [4.69, 9.17) is 21.3 Å². The summed E-state index contributed by atoms with van der Waals surface area (Å²) < 4.78 is 19.7. The van der Waals surface area contributed by atoms with E-state index in [2.05, 4.69) is 32.4 Å². The van der Waals surface area contributed by atoms with Crippen molar-refractivity contribution in [3.8, 4) is 16.9 Å². The Labute approximate surface area is 256 Å². The molecule has 0 spiro atoms. The number of aromatic nitrogens is 2. The number of ether oxygens (including phenoxy) is 1. The SMILES string of the molecule is C=CC(=O)Nc1cc(Nc2ncc(-c3ccc(F)c(Cl)c3)c(Nc3ccc(C)cc3)n2)c(OC)cc1N(C)CCN(C)C. The van der Waals surface area contributed by atoms with E-state index < -0.39 is 5.82 Å². The number of aryl methyl sites for hydroxylation is 1. The molecule has 4 aromatic rings. The average molecular weight is 604 g/mol. The van der Waals surface area contributed by atoms with Gasteiger partial charge in [-0.3, -0.25) is 4.79 Å². The third-order valence-corrected chi connectivity index (χ3v) is 6.92. The topological polar surface area (TPSA) is 94.6 Å². The van der Waals surface area contributed by atoms with Crippen LogP contribution in [-0.4, -0.2) is 62.1 Å². The molecule has 1 heterocycles. The number of carbonyl (C=O) groups excluding carboxylic acids is 1. The molecule has 0 unspecified atom stereocenters. The average Bonchev–Trinajstić information content (AvgIpc) is 2.98. The highest BCUT2D eigenvalue weighted by Gasteiger charge is 2.18. The molecule has 224 valence electrons. The van der Waals surface area contributed by atoms with Crippen LogP contribution < -0.4 is 25.6 Å². The van der Waals surface area contributed by atoms with Crippen molar-refractivity contribution in [1.82, 2.24) is 14.9 Å². The first-order valence-electron chi connectivity index (χ1n) is 13.5. The number of benzene rings is 3. The van der Waals surface area contributed by atoms with Gasteiger partial charge < -0.3 is 30.5 Å². The molecule has 0 radical (unpaired) electrons. The van der Waals surface area contributed by atoms with Gasteiger partial charge in [0.05, 0.1) is 29.2 Å². The standard InChI is InChI=1S/C32H35ClFN7O2/c1-7-30(42)37-26-17-27(29(43-6)18-28(26)41(5)15-14-40(3)4)38-32-35-19-23(21-10-13-25(34)24(33)16-21)31(39-32)36-22-11-8-20(2)9-12-22/h7-13,16-19H,1,14-15H2,2-6H3,(H,37,42)(H2,35,36,38,39). The van der Waals surface area contributed by atoms with Crippen molar-refractivity contribution >= 4 is 52.0 Å². The number of anilines is 6. The van der Waals surface area contributed by atoms with Gasteiger partial charge in [0.2, 0.25) is 11.9 Å². The monoisotopic (exact) mass is 603 g/mol. The lowest BCUT2D eigenvalue weighted by Gasteiger charge is -2.26. The van der Waals surface area contributed by atoms with E-state index in [1.165, 1.54) is 18.2 Å². The first-order valence-corrected chi connectivity index (χ1v) is 13.9. The summed E-state index contributed by atoms with van der Waals surface area (Å²) >= 11 is 6.09. The predicted octanol–water partition coefficient (Wildman–Crippen LogP) is 6.86. The highest BCUT2D eigenvalue weighted by molar-refractivity contribution is 6.31. The number of amides is 1. The van der Waals surface area contributed by atoms with Crippen LogP contribution >= 0.6 is 11.6 Å². The number of hydrogen-bond acceptors (Lipinski definition) is 8. The van der Waals surface area contributed by atoms with Crippen LogP contribution in [0, 0.1) is 12.7 Å². The first kappa shape index (κ1) is 31.3. The third-order valence-electron chi connectivity index (χ3n) is 6.64. The van der Waals surface area contributed by atoms with Crippen molar-refractivity contribution in [2.45, 2.75) is 6.92 Å². The summed E-state index contributed by atoms with van der Waals surface area (Å²) in [4.78, 5) is 25.7. The molecular weight excluding hydrogens is 569 g/mol. The molecule has 0 aliphatic heterocycles. The normalized spacial score (nSPS) is 10.8. The minimum Gasteiger partial charge on any atom is -0.494 e. The van der Waals surface area contributed by atoms with Gasteiger partial charge in [0, 0.05) is 43.7 Å². The van der Waals surface area contributed by atoms with Gasteiger partial charge >= 0.3 is 0 Å². The van der Waals surface area contributed by atoms with Gasteiger partial charge in [-0.1, -0.05) is 41.9 Å². The van der Waals surface area contributed by atoms with Crippen LogP contribution in [0.5, 0.6) is 5.75 Å². The lowest BCUT2D eigenvalue weighted by Crippen LogP contribution is -2.29. The van der Waals surface area contributed by atoms with Crippen molar-refractivity contribution in [3.05, 3.63) is 89.9 Å². The van der Waals surface area contributed by atoms with E-state index in [1.807, 2.05) is 63.3 Å². The maximum atomic E-state index is 13.9. The van der Waals surface area contributed by atoms with Crippen LogP contribution in [0.1, 0.15) is 5.56 Å². The van der Waals surface area contributed by atoms with Crippen LogP contribution in [0.4, 0.5) is 38.9 Å². The predicted molar refractivity (Wildman–Crippen MR) is 174 cm³/mol. The molecule has 0 saturated heterocycles. The lowest BCUT2D eigenvalue weighted by molar-refractivity contribution is -0.111. The number of nitrogens with one attached hydrogen (secondary N) is 3. The minimum atomic E-state index is -0.514. The maximum absolute atomic E-state index is 13.9. The zero-order valence-corrected chi connectivity index (χ0v) is 25.6. The molecule has 3 aromatic carbocycles. The Morgan fingerprint density at radius 3 is 2.44 bits per heavy atom. The van der Waals surface area contributed by atoms with Gasteiger partial charge in [0.15, 0.2) is 0 Å². The Hall–Kier alpha value is -4.67. The Morgan fingerprint density at radius 1 is 1.05 bits per heavy atom. The Bertz CT molecular complexity index is 1610. The second kappa shape index (κ2) is 14.0. The molecule has 43 heavy (non-hydrogen) atoms. The van der Waals surface area contributed by atoms with Crippen LogP contribution in [0.25, 0.3) is 11.1 Å². The molecule has 0 fully saturated rings. The zero-order valence-electron chi connectivity index (χ0n) is 24.8. The summed E-state index contributed by atoms with van der Waals surface area (Å²) in [6.07, 6.45) is 2.85. The van der Waals surface area contributed by atoms with Gasteiger partial charge in [0.1, 0.15) is 17.4 Å². The molecular formula is C32H35ClFN7O2. The Morgan fingerprint density at radius 2 is 1.79 bits per heavy atom.